The Morgan fingerprint density at radius 3 is 2.53 bits per heavy atom. The van der Waals surface area contributed by atoms with Crippen molar-refractivity contribution >= 4 is 5.96 Å². The minimum atomic E-state index is 0.620. The zero-order valence-electron chi connectivity index (χ0n) is 12.8. The normalized spacial score (nSPS) is 29.3. The first-order valence-electron chi connectivity index (χ1n) is 8.03. The van der Waals surface area contributed by atoms with E-state index in [9.17, 15) is 0 Å². The predicted molar refractivity (Wildman–Crippen MR) is 81.6 cm³/mol. The number of hydrogen-bond donors (Lipinski definition) is 2. The lowest BCUT2D eigenvalue weighted by molar-refractivity contribution is 0.242. The molecule has 3 atom stereocenters. The van der Waals surface area contributed by atoms with Crippen LogP contribution in [0.2, 0.25) is 0 Å². The summed E-state index contributed by atoms with van der Waals surface area (Å²) in [6.07, 6.45) is 5.20. The van der Waals surface area contributed by atoms with E-state index >= 15 is 0 Å². The van der Waals surface area contributed by atoms with Crippen LogP contribution in [0.25, 0.3) is 0 Å². The maximum absolute atomic E-state index is 4.80. The van der Waals surface area contributed by atoms with E-state index in [1.165, 1.54) is 38.8 Å². The molecule has 0 spiro atoms. The molecule has 110 valence electrons. The summed E-state index contributed by atoms with van der Waals surface area (Å²) in [4.78, 5) is 7.40. The molecule has 0 amide bonds. The summed E-state index contributed by atoms with van der Waals surface area (Å²) < 4.78 is 0. The number of nitrogens with zero attached hydrogens (tertiary/aromatic N) is 2. The van der Waals surface area contributed by atoms with E-state index in [1.807, 2.05) is 0 Å². The molecule has 0 bridgehead atoms. The summed E-state index contributed by atoms with van der Waals surface area (Å²) >= 11 is 0. The first-order chi connectivity index (χ1) is 9.24. The van der Waals surface area contributed by atoms with Gasteiger partial charge in [-0.25, -0.2) is 0 Å². The van der Waals surface area contributed by atoms with E-state index in [0.29, 0.717) is 12.1 Å². The average Bonchev–Trinajstić information content (AvgIpc) is 2.89. The summed E-state index contributed by atoms with van der Waals surface area (Å²) in [5.74, 6) is 1.82. The number of rotatable bonds is 6. The molecule has 4 heteroatoms. The standard InChI is InChI=1S/C15H30N4/c1-4-13(19-8-6-7-9-19)11-17-15(16-5-2)18-14-10-12(14)3/h12-14H,4-11H2,1-3H3,(H2,16,17,18). The van der Waals surface area contributed by atoms with Crippen LogP contribution in [0, 0.1) is 5.92 Å². The fourth-order valence-corrected chi connectivity index (χ4v) is 2.82. The predicted octanol–water partition coefficient (Wildman–Crippen LogP) is 1.82. The molecular weight excluding hydrogens is 236 g/mol. The van der Waals surface area contributed by atoms with Crippen LogP contribution in [0.3, 0.4) is 0 Å². The molecular formula is C15H30N4. The highest BCUT2D eigenvalue weighted by Crippen LogP contribution is 2.28. The first kappa shape index (κ1) is 14.6. The van der Waals surface area contributed by atoms with Crippen LogP contribution >= 0.6 is 0 Å². The minimum Gasteiger partial charge on any atom is -0.357 e. The van der Waals surface area contributed by atoms with Crippen LogP contribution in [-0.4, -0.2) is 49.1 Å². The van der Waals surface area contributed by atoms with Crippen LogP contribution in [0.4, 0.5) is 0 Å². The molecule has 1 heterocycles. The Morgan fingerprint density at radius 1 is 1.32 bits per heavy atom. The summed E-state index contributed by atoms with van der Waals surface area (Å²) in [7, 11) is 0. The molecule has 3 unspecified atom stereocenters. The lowest BCUT2D eigenvalue weighted by Crippen LogP contribution is -2.41. The molecule has 19 heavy (non-hydrogen) atoms. The maximum atomic E-state index is 4.80. The monoisotopic (exact) mass is 266 g/mol. The van der Waals surface area contributed by atoms with E-state index < -0.39 is 0 Å². The van der Waals surface area contributed by atoms with Crippen molar-refractivity contribution in [2.75, 3.05) is 26.2 Å². The topological polar surface area (TPSA) is 39.7 Å². The highest BCUT2D eigenvalue weighted by atomic mass is 15.2. The Balaban J connectivity index is 1.84. The molecule has 1 saturated carbocycles. The highest BCUT2D eigenvalue weighted by molar-refractivity contribution is 5.80. The van der Waals surface area contributed by atoms with Gasteiger partial charge in [-0.3, -0.25) is 9.89 Å². The fourth-order valence-electron chi connectivity index (χ4n) is 2.82. The van der Waals surface area contributed by atoms with Gasteiger partial charge in [0.1, 0.15) is 0 Å². The van der Waals surface area contributed by atoms with Gasteiger partial charge < -0.3 is 10.6 Å². The van der Waals surface area contributed by atoms with E-state index in [1.54, 1.807) is 0 Å². The SMILES string of the molecule is CCNC(=NCC(CC)N1CCCC1)NC1CC1C. The molecule has 2 N–H and O–H groups in total. The molecule has 0 aromatic rings. The van der Waals surface area contributed by atoms with Crippen LogP contribution < -0.4 is 10.6 Å². The van der Waals surface area contributed by atoms with Gasteiger partial charge in [-0.1, -0.05) is 13.8 Å². The Labute approximate surface area is 118 Å². The second kappa shape index (κ2) is 7.13. The molecule has 2 rings (SSSR count). The van der Waals surface area contributed by atoms with Crippen molar-refractivity contribution in [1.82, 2.24) is 15.5 Å². The van der Waals surface area contributed by atoms with Gasteiger partial charge in [-0.15, -0.1) is 0 Å². The molecule has 2 aliphatic rings. The first-order valence-corrected chi connectivity index (χ1v) is 8.03. The molecule has 1 aliphatic carbocycles. The van der Waals surface area contributed by atoms with Crippen LogP contribution in [-0.2, 0) is 0 Å². The van der Waals surface area contributed by atoms with E-state index in [-0.39, 0.29) is 0 Å². The van der Waals surface area contributed by atoms with E-state index in [2.05, 4.69) is 36.3 Å². The van der Waals surface area contributed by atoms with Gasteiger partial charge in [0.05, 0.1) is 6.54 Å². The third kappa shape index (κ3) is 4.37. The van der Waals surface area contributed by atoms with Gasteiger partial charge in [0.15, 0.2) is 5.96 Å². The average molecular weight is 266 g/mol. The highest BCUT2D eigenvalue weighted by Gasteiger charge is 2.33. The van der Waals surface area contributed by atoms with Crippen molar-refractivity contribution in [3.05, 3.63) is 0 Å². The number of likely N-dealkylation sites (tertiary alicyclic amines) is 1. The van der Waals surface area contributed by atoms with Crippen molar-refractivity contribution in [3.8, 4) is 0 Å². The number of nitrogens with one attached hydrogen (secondary N) is 2. The zero-order valence-corrected chi connectivity index (χ0v) is 12.8. The smallest absolute Gasteiger partial charge is 0.191 e. The number of guanidine groups is 1. The van der Waals surface area contributed by atoms with Gasteiger partial charge in [0.25, 0.3) is 0 Å². The second-order valence-corrected chi connectivity index (χ2v) is 5.99. The molecule has 4 nitrogen and oxygen atoms in total. The molecule has 1 saturated heterocycles. The molecule has 2 fully saturated rings. The molecule has 0 aromatic carbocycles. The van der Waals surface area contributed by atoms with Crippen molar-refractivity contribution < 1.29 is 0 Å². The Kier molecular flexibility index (Phi) is 5.49. The largest absolute Gasteiger partial charge is 0.357 e. The summed E-state index contributed by atoms with van der Waals surface area (Å²) in [5.41, 5.74) is 0. The third-order valence-electron chi connectivity index (χ3n) is 4.36. The van der Waals surface area contributed by atoms with Crippen molar-refractivity contribution in [1.29, 1.82) is 0 Å². The van der Waals surface area contributed by atoms with Crippen molar-refractivity contribution in [3.63, 3.8) is 0 Å². The lowest BCUT2D eigenvalue weighted by Gasteiger charge is -2.25. The third-order valence-corrected chi connectivity index (χ3v) is 4.36. The Bertz CT molecular complexity index is 297. The number of aliphatic imine (C=N–C) groups is 1. The molecule has 0 radical (unpaired) electrons. The minimum absolute atomic E-state index is 0.620. The van der Waals surface area contributed by atoms with E-state index in [4.69, 9.17) is 4.99 Å². The van der Waals surface area contributed by atoms with Crippen molar-refractivity contribution in [2.24, 2.45) is 10.9 Å². The second-order valence-electron chi connectivity index (χ2n) is 5.99. The van der Waals surface area contributed by atoms with Crippen LogP contribution in [0.1, 0.15) is 46.5 Å². The zero-order chi connectivity index (χ0) is 13.7. The van der Waals surface area contributed by atoms with Crippen molar-refractivity contribution in [2.45, 2.75) is 58.5 Å². The van der Waals surface area contributed by atoms with Crippen LogP contribution in [0.15, 0.2) is 4.99 Å². The number of hydrogen-bond acceptors (Lipinski definition) is 2. The maximum Gasteiger partial charge on any atom is 0.191 e. The molecule has 0 aromatic heterocycles. The van der Waals surface area contributed by atoms with E-state index in [0.717, 1.165) is 25.0 Å². The lowest BCUT2D eigenvalue weighted by atomic mass is 10.2. The quantitative estimate of drug-likeness (QED) is 0.569. The van der Waals surface area contributed by atoms with Crippen LogP contribution in [0.5, 0.6) is 0 Å². The van der Waals surface area contributed by atoms with Gasteiger partial charge in [0, 0.05) is 18.6 Å². The van der Waals surface area contributed by atoms with Gasteiger partial charge in [-0.2, -0.15) is 0 Å². The summed E-state index contributed by atoms with van der Waals surface area (Å²) in [5, 5.41) is 6.90. The van der Waals surface area contributed by atoms with Gasteiger partial charge in [-0.05, 0) is 51.6 Å². The fraction of sp³-hybridized carbons (Fsp3) is 0.933. The van der Waals surface area contributed by atoms with Gasteiger partial charge >= 0.3 is 0 Å². The Morgan fingerprint density at radius 2 is 2.00 bits per heavy atom. The van der Waals surface area contributed by atoms with Gasteiger partial charge in [0.2, 0.25) is 0 Å². The Hall–Kier alpha value is -0.770. The summed E-state index contributed by atoms with van der Waals surface area (Å²) in [6.45, 7) is 11.1. The molecule has 1 aliphatic heterocycles. The summed E-state index contributed by atoms with van der Waals surface area (Å²) in [6, 6.07) is 1.26.